The summed E-state index contributed by atoms with van der Waals surface area (Å²) in [4.78, 5) is 31.8. The predicted octanol–water partition coefficient (Wildman–Crippen LogP) is 6.20. The van der Waals surface area contributed by atoms with Gasteiger partial charge in [0.25, 0.3) is 11.8 Å². The number of hydrogen-bond donors (Lipinski definition) is 2. The third-order valence-electron chi connectivity index (χ3n) is 6.07. The van der Waals surface area contributed by atoms with Crippen LogP contribution in [0.5, 0.6) is 0 Å². The van der Waals surface area contributed by atoms with Crippen LogP contribution in [0.25, 0.3) is 22.2 Å². The Balaban J connectivity index is 1.59. The van der Waals surface area contributed by atoms with Crippen LogP contribution in [-0.2, 0) is 12.8 Å². The zero-order valence-corrected chi connectivity index (χ0v) is 20.4. The summed E-state index contributed by atoms with van der Waals surface area (Å²) < 4.78 is 0.936. The fourth-order valence-corrected chi connectivity index (χ4v) is 6.24. The number of primary amides is 1. The predicted molar refractivity (Wildman–Crippen MR) is 137 cm³/mol. The molecule has 2 aromatic carbocycles. The van der Waals surface area contributed by atoms with E-state index in [-0.39, 0.29) is 5.91 Å². The molecule has 5 nitrogen and oxygen atoms in total. The number of benzene rings is 2. The van der Waals surface area contributed by atoms with Gasteiger partial charge in [-0.1, -0.05) is 53.2 Å². The number of halogens is 1. The number of hydrogen-bond acceptors (Lipinski definition) is 4. The minimum absolute atomic E-state index is 0.279. The van der Waals surface area contributed by atoms with Gasteiger partial charge in [-0.25, -0.2) is 4.98 Å². The van der Waals surface area contributed by atoms with E-state index in [1.807, 2.05) is 48.5 Å². The number of carbonyl (C=O) groups is 2. The lowest BCUT2D eigenvalue weighted by atomic mass is 9.88. The molecule has 33 heavy (non-hydrogen) atoms. The van der Waals surface area contributed by atoms with E-state index in [4.69, 9.17) is 10.7 Å². The number of para-hydroxylation sites is 1. The van der Waals surface area contributed by atoms with Gasteiger partial charge in [0.2, 0.25) is 0 Å². The second-order valence-electron chi connectivity index (χ2n) is 8.46. The minimum atomic E-state index is -0.494. The number of pyridine rings is 1. The second-order valence-corrected chi connectivity index (χ2v) is 10.5. The van der Waals surface area contributed by atoms with Crippen molar-refractivity contribution in [3.63, 3.8) is 0 Å². The van der Waals surface area contributed by atoms with Gasteiger partial charge in [0, 0.05) is 20.3 Å². The number of nitrogens with two attached hydrogens (primary N) is 1. The SMILES string of the molecule is C[C@H]1CCc2c(sc(NC(=O)c3cc(-c4cccc(Br)c4)nc4ccccc34)c2C(N)=O)C1. The average Bonchev–Trinajstić information content (AvgIpc) is 3.15. The van der Waals surface area contributed by atoms with Gasteiger partial charge in [0.05, 0.1) is 22.3 Å². The zero-order chi connectivity index (χ0) is 23.1. The van der Waals surface area contributed by atoms with Gasteiger partial charge in [0.1, 0.15) is 5.00 Å². The van der Waals surface area contributed by atoms with E-state index in [1.54, 1.807) is 6.07 Å². The molecule has 3 N–H and O–H groups in total. The summed E-state index contributed by atoms with van der Waals surface area (Å²) >= 11 is 4.98. The molecule has 5 rings (SSSR count). The largest absolute Gasteiger partial charge is 0.365 e. The monoisotopic (exact) mass is 519 g/mol. The first-order chi connectivity index (χ1) is 15.9. The minimum Gasteiger partial charge on any atom is -0.365 e. The van der Waals surface area contributed by atoms with Crippen LogP contribution in [0.15, 0.2) is 59.1 Å². The molecule has 166 valence electrons. The number of thiophene rings is 1. The summed E-state index contributed by atoms with van der Waals surface area (Å²) in [5, 5.41) is 4.30. The van der Waals surface area contributed by atoms with Gasteiger partial charge < -0.3 is 11.1 Å². The van der Waals surface area contributed by atoms with Crippen molar-refractivity contribution in [2.75, 3.05) is 5.32 Å². The summed E-state index contributed by atoms with van der Waals surface area (Å²) in [5.41, 5.74) is 10.0. The van der Waals surface area contributed by atoms with Crippen LogP contribution < -0.4 is 11.1 Å². The normalized spacial score (nSPS) is 15.3. The second kappa shape index (κ2) is 8.72. The van der Waals surface area contributed by atoms with Crippen LogP contribution in [0.2, 0.25) is 0 Å². The Morgan fingerprint density at radius 2 is 1.97 bits per heavy atom. The molecule has 2 amide bonds. The number of aromatic nitrogens is 1. The summed E-state index contributed by atoms with van der Waals surface area (Å²) in [6.07, 6.45) is 2.73. The zero-order valence-electron chi connectivity index (χ0n) is 18.0. The van der Waals surface area contributed by atoms with E-state index in [9.17, 15) is 9.59 Å². The highest BCUT2D eigenvalue weighted by atomic mass is 79.9. The van der Waals surface area contributed by atoms with Gasteiger partial charge in [-0.15, -0.1) is 11.3 Å². The van der Waals surface area contributed by atoms with E-state index in [0.717, 1.165) is 50.6 Å². The molecule has 0 radical (unpaired) electrons. The Hall–Kier alpha value is -3.03. The summed E-state index contributed by atoms with van der Waals surface area (Å²) in [7, 11) is 0. The highest BCUT2D eigenvalue weighted by Crippen LogP contribution is 2.40. The number of anilines is 1. The van der Waals surface area contributed by atoms with Crippen LogP contribution in [0.4, 0.5) is 5.00 Å². The number of nitrogens with zero attached hydrogens (tertiary/aromatic N) is 1. The molecule has 2 heterocycles. The Morgan fingerprint density at radius 1 is 1.15 bits per heavy atom. The maximum absolute atomic E-state index is 13.5. The number of fused-ring (bicyclic) bond motifs is 2. The molecular weight excluding hydrogens is 498 g/mol. The number of carbonyl (C=O) groups excluding carboxylic acids is 2. The molecule has 0 aliphatic heterocycles. The molecule has 7 heteroatoms. The van der Waals surface area contributed by atoms with Crippen molar-refractivity contribution in [2.24, 2.45) is 11.7 Å². The van der Waals surface area contributed by atoms with Crippen molar-refractivity contribution >= 4 is 55.0 Å². The Bertz CT molecular complexity index is 1410. The van der Waals surface area contributed by atoms with Gasteiger partial charge in [0.15, 0.2) is 0 Å². The van der Waals surface area contributed by atoms with Crippen molar-refractivity contribution in [1.82, 2.24) is 4.98 Å². The molecule has 0 spiro atoms. The van der Waals surface area contributed by atoms with Crippen molar-refractivity contribution in [3.8, 4) is 11.3 Å². The highest BCUT2D eigenvalue weighted by molar-refractivity contribution is 9.10. The van der Waals surface area contributed by atoms with Crippen LogP contribution in [-0.4, -0.2) is 16.8 Å². The lowest BCUT2D eigenvalue weighted by Gasteiger charge is -2.18. The van der Waals surface area contributed by atoms with E-state index in [0.29, 0.717) is 27.7 Å². The molecule has 4 aromatic rings. The summed E-state index contributed by atoms with van der Waals surface area (Å²) in [6, 6.07) is 17.2. The molecule has 1 aliphatic carbocycles. The number of nitrogens with one attached hydrogen (secondary N) is 1. The molecule has 0 fully saturated rings. The molecule has 2 aromatic heterocycles. The standard InChI is InChI=1S/C26H22BrN3O2S/c1-14-9-10-18-22(11-14)33-26(23(18)24(28)31)30-25(32)19-13-21(15-5-4-6-16(27)12-15)29-20-8-3-2-7-17(19)20/h2-8,12-14H,9-11H2,1H3,(H2,28,31)(H,30,32)/t14-/m0/s1. The topological polar surface area (TPSA) is 85.1 Å². The first-order valence-corrected chi connectivity index (χ1v) is 12.4. The molecule has 1 atom stereocenters. The van der Waals surface area contributed by atoms with Gasteiger partial charge in [-0.3, -0.25) is 9.59 Å². The summed E-state index contributed by atoms with van der Waals surface area (Å²) in [6.45, 7) is 2.21. The van der Waals surface area contributed by atoms with Crippen molar-refractivity contribution in [3.05, 3.63) is 80.6 Å². The first-order valence-electron chi connectivity index (χ1n) is 10.8. The van der Waals surface area contributed by atoms with E-state index >= 15 is 0 Å². The Kier molecular flexibility index (Phi) is 5.76. The quantitative estimate of drug-likeness (QED) is 0.336. The van der Waals surface area contributed by atoms with Crippen LogP contribution in [0.1, 0.15) is 44.5 Å². The maximum Gasteiger partial charge on any atom is 0.257 e. The van der Waals surface area contributed by atoms with Gasteiger partial charge in [-0.2, -0.15) is 0 Å². The van der Waals surface area contributed by atoms with E-state index < -0.39 is 5.91 Å². The molecular formula is C26H22BrN3O2S. The lowest BCUT2D eigenvalue weighted by molar-refractivity contribution is 0.1000. The molecule has 0 bridgehead atoms. The third-order valence-corrected chi connectivity index (χ3v) is 7.73. The Morgan fingerprint density at radius 3 is 2.76 bits per heavy atom. The number of rotatable bonds is 4. The van der Waals surface area contributed by atoms with Crippen molar-refractivity contribution < 1.29 is 9.59 Å². The lowest BCUT2D eigenvalue weighted by Crippen LogP contribution is -2.19. The fourth-order valence-electron chi connectivity index (χ4n) is 4.43. The van der Waals surface area contributed by atoms with Gasteiger partial charge in [-0.05, 0) is 55.0 Å². The maximum atomic E-state index is 13.5. The molecule has 1 aliphatic rings. The molecule has 0 saturated heterocycles. The average molecular weight is 520 g/mol. The van der Waals surface area contributed by atoms with Crippen molar-refractivity contribution in [2.45, 2.75) is 26.2 Å². The number of amides is 2. The van der Waals surface area contributed by atoms with Crippen LogP contribution >= 0.6 is 27.3 Å². The van der Waals surface area contributed by atoms with Crippen LogP contribution in [0, 0.1) is 5.92 Å². The van der Waals surface area contributed by atoms with E-state index in [1.165, 1.54) is 11.3 Å². The van der Waals surface area contributed by atoms with Crippen molar-refractivity contribution in [1.29, 1.82) is 0 Å². The van der Waals surface area contributed by atoms with Crippen LogP contribution in [0.3, 0.4) is 0 Å². The summed E-state index contributed by atoms with van der Waals surface area (Å²) in [5.74, 6) is -0.219. The highest BCUT2D eigenvalue weighted by Gasteiger charge is 2.28. The molecule has 0 saturated carbocycles. The van der Waals surface area contributed by atoms with E-state index in [2.05, 4.69) is 28.2 Å². The Labute approximate surface area is 204 Å². The smallest absolute Gasteiger partial charge is 0.257 e. The molecule has 0 unspecified atom stereocenters. The van der Waals surface area contributed by atoms with Gasteiger partial charge >= 0.3 is 0 Å². The first kappa shape index (κ1) is 21.8. The third kappa shape index (κ3) is 4.18. The fraction of sp³-hybridized carbons (Fsp3) is 0.192.